The van der Waals surface area contributed by atoms with E-state index in [2.05, 4.69) is 31.1 Å². The van der Waals surface area contributed by atoms with Gasteiger partial charge in [0.05, 0.1) is 18.7 Å². The minimum absolute atomic E-state index is 0.295. The lowest BCUT2D eigenvalue weighted by molar-refractivity contribution is -0.896. The molecule has 0 heterocycles. The zero-order valence-corrected chi connectivity index (χ0v) is 15.6. The molecule has 5 nitrogen and oxygen atoms in total. The average molecular weight is 351 g/mol. The number of carbonyl (C=O) groups excluding carboxylic acids is 1. The van der Waals surface area contributed by atoms with Crippen LogP contribution in [0.5, 0.6) is 0 Å². The average Bonchev–Trinajstić information content (AvgIpc) is 2.57. The van der Waals surface area contributed by atoms with Crippen molar-refractivity contribution in [3.05, 3.63) is 42.0 Å². The van der Waals surface area contributed by atoms with E-state index in [9.17, 15) is 4.79 Å². The molecule has 1 aromatic rings. The third kappa shape index (κ3) is 7.57. The quantitative estimate of drug-likeness (QED) is 0.359. The van der Waals surface area contributed by atoms with Crippen molar-refractivity contribution < 1.29 is 14.4 Å². The molecule has 0 saturated carbocycles. The molecule has 1 rings (SSSR count). The van der Waals surface area contributed by atoms with Crippen LogP contribution in [-0.4, -0.2) is 43.9 Å². The molecule has 0 saturated heterocycles. The molecule has 0 bridgehead atoms. The van der Waals surface area contributed by atoms with Gasteiger partial charge in [0.2, 0.25) is 0 Å². The lowest BCUT2D eigenvalue weighted by Crippen LogP contribution is -3.11. The van der Waals surface area contributed by atoms with Gasteiger partial charge in [0.1, 0.15) is 13.2 Å². The van der Waals surface area contributed by atoms with Gasteiger partial charge in [-0.2, -0.15) is 0 Å². The summed E-state index contributed by atoms with van der Waals surface area (Å²) in [6.45, 7) is 14.0. The first-order chi connectivity index (χ1) is 11.5. The molecule has 0 aliphatic carbocycles. The van der Waals surface area contributed by atoms with E-state index in [1.165, 1.54) is 4.90 Å². The Balaban J connectivity index is 2.44. The molecule has 132 valence electrons. The first-order valence-corrected chi connectivity index (χ1v) is 8.67. The van der Waals surface area contributed by atoms with Gasteiger partial charge >= 0.3 is 5.97 Å². The summed E-state index contributed by atoms with van der Waals surface area (Å²) in [5, 5.41) is 6.63. The summed E-state index contributed by atoms with van der Waals surface area (Å²) >= 11 is 5.19. The molecule has 1 aromatic carbocycles. The molecule has 0 unspecified atom stereocenters. The fourth-order valence-corrected chi connectivity index (χ4v) is 2.26. The summed E-state index contributed by atoms with van der Waals surface area (Å²) in [6.07, 6.45) is 0. The fourth-order valence-electron chi connectivity index (χ4n) is 2.07. The van der Waals surface area contributed by atoms with Crippen molar-refractivity contribution in [1.82, 2.24) is 5.32 Å². The van der Waals surface area contributed by atoms with Crippen molar-refractivity contribution in [1.29, 1.82) is 0 Å². The first-order valence-electron chi connectivity index (χ1n) is 8.26. The van der Waals surface area contributed by atoms with Crippen molar-refractivity contribution in [2.24, 2.45) is 0 Å². The number of thiocarbonyl (C=S) groups is 1. The van der Waals surface area contributed by atoms with Crippen LogP contribution in [0.15, 0.2) is 36.4 Å². The van der Waals surface area contributed by atoms with Crippen molar-refractivity contribution in [3.63, 3.8) is 0 Å². The molecule has 0 aliphatic heterocycles. The monoisotopic (exact) mass is 350 g/mol. The van der Waals surface area contributed by atoms with Gasteiger partial charge in [0.15, 0.2) is 5.11 Å². The summed E-state index contributed by atoms with van der Waals surface area (Å²) in [5.74, 6) is -0.295. The van der Waals surface area contributed by atoms with Crippen LogP contribution in [0.25, 0.3) is 0 Å². The van der Waals surface area contributed by atoms with Crippen LogP contribution in [0, 0.1) is 0 Å². The van der Waals surface area contributed by atoms with Gasteiger partial charge in [0.25, 0.3) is 0 Å². The van der Waals surface area contributed by atoms with Crippen LogP contribution in [-0.2, 0) is 4.74 Å². The minimum atomic E-state index is -0.295. The standard InChI is InChI=1S/C18H27N3O2S/c1-5-21(6-2)11-12-23-17(22)15-7-9-16(10-8-15)20-18(24)19-13-14(3)4/h7-10H,3,5-6,11-13H2,1-2,4H3,(H2,19,20,24)/p+1. The van der Waals surface area contributed by atoms with E-state index in [0.29, 0.717) is 23.8 Å². The Bertz CT molecular complexity index is 554. The molecule has 0 radical (unpaired) electrons. The predicted molar refractivity (Wildman–Crippen MR) is 103 cm³/mol. The van der Waals surface area contributed by atoms with E-state index in [4.69, 9.17) is 17.0 Å². The highest BCUT2D eigenvalue weighted by atomic mass is 32.1. The summed E-state index contributed by atoms with van der Waals surface area (Å²) in [7, 11) is 0. The Morgan fingerprint density at radius 1 is 1.25 bits per heavy atom. The van der Waals surface area contributed by atoms with Crippen molar-refractivity contribution in [3.8, 4) is 0 Å². The Labute approximate surface area is 150 Å². The summed E-state index contributed by atoms with van der Waals surface area (Å²) in [4.78, 5) is 13.4. The Kier molecular flexibility index (Phi) is 9.04. The third-order valence-corrected chi connectivity index (χ3v) is 3.86. The van der Waals surface area contributed by atoms with Crippen LogP contribution >= 0.6 is 12.2 Å². The highest BCUT2D eigenvalue weighted by Gasteiger charge is 2.09. The third-order valence-electron chi connectivity index (χ3n) is 3.62. The molecule has 0 spiro atoms. The van der Waals surface area contributed by atoms with Crippen LogP contribution < -0.4 is 15.5 Å². The van der Waals surface area contributed by atoms with E-state index in [-0.39, 0.29) is 5.97 Å². The molecule has 0 fully saturated rings. The first kappa shape index (κ1) is 20.1. The smallest absolute Gasteiger partial charge is 0.338 e. The van der Waals surface area contributed by atoms with Gasteiger partial charge in [-0.15, -0.1) is 0 Å². The second-order valence-electron chi connectivity index (χ2n) is 5.69. The molecular weight excluding hydrogens is 322 g/mol. The maximum absolute atomic E-state index is 12.0. The molecule has 0 aliphatic rings. The molecule has 0 atom stereocenters. The van der Waals surface area contributed by atoms with Gasteiger partial charge in [0, 0.05) is 12.2 Å². The molecule has 3 N–H and O–H groups in total. The second-order valence-corrected chi connectivity index (χ2v) is 6.09. The van der Waals surface area contributed by atoms with Gasteiger partial charge in [-0.25, -0.2) is 4.79 Å². The van der Waals surface area contributed by atoms with Crippen molar-refractivity contribution in [2.75, 3.05) is 38.1 Å². The van der Waals surface area contributed by atoms with Gasteiger partial charge < -0.3 is 20.3 Å². The summed E-state index contributed by atoms with van der Waals surface area (Å²) < 4.78 is 5.32. The number of hydrogen-bond acceptors (Lipinski definition) is 3. The topological polar surface area (TPSA) is 54.8 Å². The number of quaternary nitrogens is 1. The predicted octanol–water partition coefficient (Wildman–Crippen LogP) is 1.63. The van der Waals surface area contributed by atoms with Crippen molar-refractivity contribution >= 4 is 29.0 Å². The lowest BCUT2D eigenvalue weighted by atomic mass is 10.2. The summed E-state index contributed by atoms with van der Waals surface area (Å²) in [6, 6.07) is 7.08. The van der Waals surface area contributed by atoms with E-state index in [1.807, 2.05) is 6.92 Å². The molecule has 24 heavy (non-hydrogen) atoms. The van der Waals surface area contributed by atoms with E-state index < -0.39 is 0 Å². The normalized spacial score (nSPS) is 10.3. The Morgan fingerprint density at radius 2 is 1.88 bits per heavy atom. The van der Waals surface area contributed by atoms with Crippen LogP contribution in [0.2, 0.25) is 0 Å². The molecule has 6 heteroatoms. The van der Waals surface area contributed by atoms with Gasteiger partial charge in [-0.05, 0) is 57.3 Å². The number of hydrogen-bond donors (Lipinski definition) is 3. The zero-order chi connectivity index (χ0) is 17.9. The fraction of sp³-hybridized carbons (Fsp3) is 0.444. The Morgan fingerprint density at radius 3 is 2.42 bits per heavy atom. The van der Waals surface area contributed by atoms with Gasteiger partial charge in [-0.1, -0.05) is 12.2 Å². The van der Waals surface area contributed by atoms with E-state index >= 15 is 0 Å². The number of rotatable bonds is 9. The maximum atomic E-state index is 12.0. The number of nitrogens with one attached hydrogen (secondary N) is 3. The van der Waals surface area contributed by atoms with Crippen molar-refractivity contribution in [2.45, 2.75) is 20.8 Å². The lowest BCUT2D eigenvalue weighted by Gasteiger charge is -2.15. The summed E-state index contributed by atoms with van der Waals surface area (Å²) in [5.41, 5.74) is 2.36. The molecular formula is C18H28N3O2S+. The molecule has 0 amide bonds. The van der Waals surface area contributed by atoms with Crippen LogP contribution in [0.3, 0.4) is 0 Å². The number of benzene rings is 1. The number of anilines is 1. The number of carbonyl (C=O) groups is 1. The number of likely N-dealkylation sites (N-methyl/N-ethyl adjacent to an activating group) is 1. The largest absolute Gasteiger partial charge is 0.456 e. The SMILES string of the molecule is C=C(C)CNC(=S)Nc1ccc(C(=O)OCC[NH+](CC)CC)cc1. The maximum Gasteiger partial charge on any atom is 0.338 e. The Hall–Kier alpha value is -1.92. The number of esters is 1. The minimum Gasteiger partial charge on any atom is -0.456 e. The number of ether oxygens (including phenoxy) is 1. The molecule has 0 aromatic heterocycles. The van der Waals surface area contributed by atoms with E-state index in [0.717, 1.165) is 30.9 Å². The highest BCUT2D eigenvalue weighted by Crippen LogP contribution is 2.10. The van der Waals surface area contributed by atoms with Crippen LogP contribution in [0.1, 0.15) is 31.1 Å². The van der Waals surface area contributed by atoms with Gasteiger partial charge in [-0.3, -0.25) is 0 Å². The second kappa shape index (κ2) is 10.8. The zero-order valence-electron chi connectivity index (χ0n) is 14.8. The van der Waals surface area contributed by atoms with E-state index in [1.54, 1.807) is 24.3 Å². The van der Waals surface area contributed by atoms with Crippen LogP contribution in [0.4, 0.5) is 5.69 Å². The highest BCUT2D eigenvalue weighted by molar-refractivity contribution is 7.80.